The molecule has 1 aromatic heterocycles. The number of nitrogens with zero attached hydrogens (tertiary/aromatic N) is 2. The van der Waals surface area contributed by atoms with Gasteiger partial charge in [-0.2, -0.15) is 0 Å². The molecule has 2 rings (SSSR count). The van der Waals surface area contributed by atoms with Crippen LogP contribution in [0.15, 0.2) is 18.2 Å². The van der Waals surface area contributed by atoms with Crippen LogP contribution in [0.25, 0.3) is 11.3 Å². The smallest absolute Gasteiger partial charge is 0.138 e. The molecule has 0 fully saturated rings. The summed E-state index contributed by atoms with van der Waals surface area (Å²) in [5, 5.41) is 3.07. The summed E-state index contributed by atoms with van der Waals surface area (Å²) in [4.78, 5) is 8.66. The number of aryl methyl sites for hydroxylation is 2. The molecule has 0 bridgehead atoms. The maximum atomic E-state index is 14.3. The second kappa shape index (κ2) is 6.61. The first-order valence-corrected chi connectivity index (χ1v) is 7.13. The lowest BCUT2D eigenvalue weighted by molar-refractivity contribution is 0.582. The number of anilines is 1. The third-order valence-electron chi connectivity index (χ3n) is 3.14. The fourth-order valence-electron chi connectivity index (χ4n) is 2.12. The standard InChI is InChI=1S/C16H19F2N3/c1-4-6-13-20-12(9-14(21-13)19-5-2)15-11(17)8-7-10(3)16(15)18/h7-9H,4-6H2,1-3H3,(H,19,20,21). The van der Waals surface area contributed by atoms with E-state index in [2.05, 4.69) is 15.3 Å². The molecule has 0 amide bonds. The number of rotatable bonds is 5. The fourth-order valence-corrected chi connectivity index (χ4v) is 2.12. The minimum atomic E-state index is -0.610. The molecule has 0 aliphatic rings. The normalized spacial score (nSPS) is 10.7. The summed E-state index contributed by atoms with van der Waals surface area (Å²) in [5.74, 6) is -0.00203. The Morgan fingerprint density at radius 3 is 2.57 bits per heavy atom. The van der Waals surface area contributed by atoms with E-state index in [1.165, 1.54) is 12.1 Å². The largest absolute Gasteiger partial charge is 0.370 e. The van der Waals surface area contributed by atoms with Gasteiger partial charge in [-0.3, -0.25) is 0 Å². The zero-order chi connectivity index (χ0) is 15.4. The zero-order valence-electron chi connectivity index (χ0n) is 12.5. The average molecular weight is 291 g/mol. The zero-order valence-corrected chi connectivity index (χ0v) is 12.5. The molecule has 112 valence electrons. The van der Waals surface area contributed by atoms with E-state index >= 15 is 0 Å². The van der Waals surface area contributed by atoms with Gasteiger partial charge in [0, 0.05) is 19.0 Å². The van der Waals surface area contributed by atoms with E-state index in [-0.39, 0.29) is 11.3 Å². The number of hydrogen-bond acceptors (Lipinski definition) is 3. The van der Waals surface area contributed by atoms with Crippen LogP contribution >= 0.6 is 0 Å². The van der Waals surface area contributed by atoms with Gasteiger partial charge in [0.05, 0.1) is 11.3 Å². The molecule has 0 saturated heterocycles. The number of nitrogens with one attached hydrogen (secondary N) is 1. The van der Waals surface area contributed by atoms with Crippen LogP contribution in [0.1, 0.15) is 31.7 Å². The fraction of sp³-hybridized carbons (Fsp3) is 0.375. The highest BCUT2D eigenvalue weighted by Gasteiger charge is 2.16. The van der Waals surface area contributed by atoms with Crippen LogP contribution in [0.2, 0.25) is 0 Å². The molecular formula is C16H19F2N3. The Morgan fingerprint density at radius 1 is 1.14 bits per heavy atom. The number of aromatic nitrogens is 2. The molecule has 0 atom stereocenters. The van der Waals surface area contributed by atoms with Crippen LogP contribution in [0, 0.1) is 18.6 Å². The number of halogens is 2. The number of benzene rings is 1. The van der Waals surface area contributed by atoms with Crippen molar-refractivity contribution in [1.29, 1.82) is 0 Å². The van der Waals surface area contributed by atoms with Gasteiger partial charge in [-0.05, 0) is 31.9 Å². The van der Waals surface area contributed by atoms with Crippen molar-refractivity contribution in [3.8, 4) is 11.3 Å². The van der Waals surface area contributed by atoms with Crippen molar-refractivity contribution in [3.05, 3.63) is 41.2 Å². The molecule has 5 heteroatoms. The predicted octanol–water partition coefficient (Wildman–Crippen LogP) is 4.11. The Kier molecular flexibility index (Phi) is 4.83. The second-order valence-electron chi connectivity index (χ2n) is 4.89. The highest BCUT2D eigenvalue weighted by molar-refractivity contribution is 5.65. The molecule has 0 radical (unpaired) electrons. The van der Waals surface area contributed by atoms with Gasteiger partial charge in [0.25, 0.3) is 0 Å². The van der Waals surface area contributed by atoms with E-state index in [0.717, 1.165) is 6.42 Å². The Hall–Kier alpha value is -2.04. The van der Waals surface area contributed by atoms with E-state index in [0.29, 0.717) is 30.2 Å². The van der Waals surface area contributed by atoms with Crippen molar-refractivity contribution in [2.24, 2.45) is 0 Å². The maximum absolute atomic E-state index is 14.3. The van der Waals surface area contributed by atoms with Crippen LogP contribution in [-0.2, 0) is 6.42 Å². The van der Waals surface area contributed by atoms with E-state index in [1.54, 1.807) is 13.0 Å². The van der Waals surface area contributed by atoms with Crippen LogP contribution in [-0.4, -0.2) is 16.5 Å². The van der Waals surface area contributed by atoms with Crippen LogP contribution in [0.3, 0.4) is 0 Å². The van der Waals surface area contributed by atoms with Gasteiger partial charge < -0.3 is 5.32 Å². The third kappa shape index (κ3) is 3.35. The summed E-state index contributed by atoms with van der Waals surface area (Å²) in [7, 11) is 0. The average Bonchev–Trinajstić information content (AvgIpc) is 2.44. The lowest BCUT2D eigenvalue weighted by Crippen LogP contribution is -2.06. The molecular weight excluding hydrogens is 272 g/mol. The van der Waals surface area contributed by atoms with Gasteiger partial charge in [0.2, 0.25) is 0 Å². The van der Waals surface area contributed by atoms with Crippen molar-refractivity contribution in [2.75, 3.05) is 11.9 Å². The van der Waals surface area contributed by atoms with E-state index in [9.17, 15) is 8.78 Å². The molecule has 1 heterocycles. The molecule has 0 unspecified atom stereocenters. The Morgan fingerprint density at radius 2 is 1.90 bits per heavy atom. The Balaban J connectivity index is 2.59. The minimum Gasteiger partial charge on any atom is -0.370 e. The molecule has 21 heavy (non-hydrogen) atoms. The molecule has 2 aromatic rings. The summed E-state index contributed by atoms with van der Waals surface area (Å²) in [6.07, 6.45) is 1.54. The van der Waals surface area contributed by atoms with Gasteiger partial charge in [-0.1, -0.05) is 13.0 Å². The maximum Gasteiger partial charge on any atom is 0.138 e. The van der Waals surface area contributed by atoms with Gasteiger partial charge in [0.1, 0.15) is 23.3 Å². The van der Waals surface area contributed by atoms with Crippen LogP contribution in [0.4, 0.5) is 14.6 Å². The monoisotopic (exact) mass is 291 g/mol. The molecule has 1 aromatic carbocycles. The van der Waals surface area contributed by atoms with Crippen molar-refractivity contribution < 1.29 is 8.78 Å². The molecule has 3 nitrogen and oxygen atoms in total. The first-order chi connectivity index (χ1) is 10.1. The Labute approximate surface area is 123 Å². The van der Waals surface area contributed by atoms with E-state index in [4.69, 9.17) is 0 Å². The van der Waals surface area contributed by atoms with Crippen molar-refractivity contribution >= 4 is 5.82 Å². The minimum absolute atomic E-state index is 0.0890. The summed E-state index contributed by atoms with van der Waals surface area (Å²) in [6.45, 7) is 6.24. The first kappa shape index (κ1) is 15.4. The lowest BCUT2D eigenvalue weighted by Gasteiger charge is -2.11. The summed E-state index contributed by atoms with van der Waals surface area (Å²) >= 11 is 0. The molecule has 0 spiro atoms. The molecule has 0 aliphatic heterocycles. The first-order valence-electron chi connectivity index (χ1n) is 7.13. The van der Waals surface area contributed by atoms with E-state index < -0.39 is 11.6 Å². The summed E-state index contributed by atoms with van der Waals surface area (Å²) in [6, 6.07) is 4.28. The SMILES string of the molecule is CCCc1nc(NCC)cc(-c2c(F)ccc(C)c2F)n1. The molecule has 0 aliphatic carbocycles. The van der Waals surface area contributed by atoms with E-state index in [1.807, 2.05) is 13.8 Å². The number of hydrogen-bond donors (Lipinski definition) is 1. The third-order valence-corrected chi connectivity index (χ3v) is 3.14. The van der Waals surface area contributed by atoms with Gasteiger partial charge >= 0.3 is 0 Å². The van der Waals surface area contributed by atoms with Gasteiger partial charge in [-0.15, -0.1) is 0 Å². The molecule has 0 saturated carbocycles. The second-order valence-corrected chi connectivity index (χ2v) is 4.89. The van der Waals surface area contributed by atoms with Crippen LogP contribution < -0.4 is 5.32 Å². The van der Waals surface area contributed by atoms with Gasteiger partial charge in [-0.25, -0.2) is 18.7 Å². The van der Waals surface area contributed by atoms with Crippen LogP contribution in [0.5, 0.6) is 0 Å². The van der Waals surface area contributed by atoms with Crippen molar-refractivity contribution in [2.45, 2.75) is 33.6 Å². The Bertz CT molecular complexity index is 617. The highest BCUT2D eigenvalue weighted by atomic mass is 19.1. The van der Waals surface area contributed by atoms with Crippen molar-refractivity contribution in [1.82, 2.24) is 9.97 Å². The quantitative estimate of drug-likeness (QED) is 0.900. The van der Waals surface area contributed by atoms with Gasteiger partial charge in [0.15, 0.2) is 0 Å². The summed E-state index contributed by atoms with van der Waals surface area (Å²) < 4.78 is 28.3. The predicted molar refractivity (Wildman–Crippen MR) is 80.3 cm³/mol. The topological polar surface area (TPSA) is 37.8 Å². The molecule has 1 N–H and O–H groups in total. The lowest BCUT2D eigenvalue weighted by atomic mass is 10.1. The summed E-state index contributed by atoms with van der Waals surface area (Å²) in [5.41, 5.74) is 0.587. The van der Waals surface area contributed by atoms with Crippen molar-refractivity contribution in [3.63, 3.8) is 0 Å². The highest BCUT2D eigenvalue weighted by Crippen LogP contribution is 2.28.